The highest BCUT2D eigenvalue weighted by atomic mass is 16.6. The third-order valence-corrected chi connectivity index (χ3v) is 5.05. The van der Waals surface area contributed by atoms with E-state index in [1.807, 2.05) is 73.7 Å². The maximum Gasteiger partial charge on any atom is 0.346 e. The highest BCUT2D eigenvalue weighted by molar-refractivity contribution is 6.10. The fourth-order valence-corrected chi connectivity index (χ4v) is 3.52. The normalized spacial score (nSPS) is 10.6. The zero-order valence-corrected chi connectivity index (χ0v) is 16.7. The number of aryl methyl sites for hydroxylation is 1. The predicted molar refractivity (Wildman–Crippen MR) is 117 cm³/mol. The molecular weight excluding hydrogens is 376 g/mol. The van der Waals surface area contributed by atoms with Gasteiger partial charge in [0.25, 0.3) is 0 Å². The number of hydrogen-bond donors (Lipinski definition) is 0. The van der Waals surface area contributed by atoms with Crippen LogP contribution in [0.25, 0.3) is 21.9 Å². The Balaban J connectivity index is 1.67. The molecule has 4 aromatic rings. The van der Waals surface area contributed by atoms with E-state index in [0.29, 0.717) is 11.3 Å². The number of ether oxygens (including phenoxy) is 2. The third-order valence-electron chi connectivity index (χ3n) is 5.05. The summed E-state index contributed by atoms with van der Waals surface area (Å²) in [6.07, 6.45) is 0. The van der Waals surface area contributed by atoms with E-state index in [2.05, 4.69) is 0 Å². The van der Waals surface area contributed by atoms with E-state index in [1.165, 1.54) is 0 Å². The van der Waals surface area contributed by atoms with Crippen LogP contribution in [0.2, 0.25) is 0 Å². The zero-order chi connectivity index (χ0) is 21.1. The molecule has 4 rings (SSSR count). The first-order chi connectivity index (χ1) is 14.6. The molecule has 0 aromatic heterocycles. The SMILES string of the molecule is COc1ccc(C(=O)OC(=O)c2c(C)ccc3ccccc23)cc1-c1ccccc1. The van der Waals surface area contributed by atoms with Crippen LogP contribution in [-0.4, -0.2) is 19.0 Å². The Morgan fingerprint density at radius 2 is 1.50 bits per heavy atom. The van der Waals surface area contributed by atoms with Gasteiger partial charge in [-0.2, -0.15) is 0 Å². The monoisotopic (exact) mass is 396 g/mol. The van der Waals surface area contributed by atoms with Crippen molar-refractivity contribution in [3.8, 4) is 16.9 Å². The zero-order valence-electron chi connectivity index (χ0n) is 16.7. The van der Waals surface area contributed by atoms with Crippen molar-refractivity contribution in [3.63, 3.8) is 0 Å². The molecule has 0 aliphatic carbocycles. The molecule has 0 amide bonds. The Hall–Kier alpha value is -3.92. The fourth-order valence-electron chi connectivity index (χ4n) is 3.52. The summed E-state index contributed by atoms with van der Waals surface area (Å²) in [6, 6.07) is 25.9. The van der Waals surface area contributed by atoms with Gasteiger partial charge < -0.3 is 9.47 Å². The molecule has 0 radical (unpaired) electrons. The van der Waals surface area contributed by atoms with Crippen LogP contribution in [0.1, 0.15) is 26.3 Å². The van der Waals surface area contributed by atoms with E-state index in [1.54, 1.807) is 25.3 Å². The van der Waals surface area contributed by atoms with E-state index < -0.39 is 11.9 Å². The van der Waals surface area contributed by atoms with Gasteiger partial charge in [-0.1, -0.05) is 66.7 Å². The molecule has 0 aliphatic rings. The number of fused-ring (bicyclic) bond motifs is 1. The topological polar surface area (TPSA) is 52.6 Å². The van der Waals surface area contributed by atoms with Crippen molar-refractivity contribution in [2.45, 2.75) is 6.92 Å². The number of carbonyl (C=O) groups is 2. The average molecular weight is 396 g/mol. The quantitative estimate of drug-likeness (QED) is 0.322. The van der Waals surface area contributed by atoms with Crippen LogP contribution in [0.3, 0.4) is 0 Å². The van der Waals surface area contributed by atoms with Crippen molar-refractivity contribution in [1.29, 1.82) is 0 Å². The van der Waals surface area contributed by atoms with Gasteiger partial charge in [0.2, 0.25) is 0 Å². The molecule has 0 unspecified atom stereocenters. The average Bonchev–Trinajstić information content (AvgIpc) is 2.79. The summed E-state index contributed by atoms with van der Waals surface area (Å²) in [7, 11) is 1.58. The molecule has 0 saturated carbocycles. The molecule has 0 N–H and O–H groups in total. The highest BCUT2D eigenvalue weighted by Gasteiger charge is 2.20. The summed E-state index contributed by atoms with van der Waals surface area (Å²) >= 11 is 0. The van der Waals surface area contributed by atoms with Crippen LogP contribution in [0, 0.1) is 6.92 Å². The van der Waals surface area contributed by atoms with Gasteiger partial charge in [-0.3, -0.25) is 0 Å². The van der Waals surface area contributed by atoms with Crippen molar-refractivity contribution >= 4 is 22.7 Å². The number of benzene rings is 4. The van der Waals surface area contributed by atoms with E-state index in [4.69, 9.17) is 9.47 Å². The van der Waals surface area contributed by atoms with E-state index >= 15 is 0 Å². The second kappa shape index (κ2) is 8.21. The summed E-state index contributed by atoms with van der Waals surface area (Å²) in [6.45, 7) is 1.83. The van der Waals surface area contributed by atoms with Gasteiger partial charge in [-0.15, -0.1) is 0 Å². The van der Waals surface area contributed by atoms with Crippen molar-refractivity contribution in [1.82, 2.24) is 0 Å². The van der Waals surface area contributed by atoms with Gasteiger partial charge in [0.05, 0.1) is 18.2 Å². The summed E-state index contributed by atoms with van der Waals surface area (Å²) in [5.41, 5.74) is 3.09. The first kappa shape index (κ1) is 19.4. The summed E-state index contributed by atoms with van der Waals surface area (Å²) in [5.74, 6) is -0.729. The van der Waals surface area contributed by atoms with Crippen LogP contribution in [-0.2, 0) is 4.74 Å². The second-order valence-corrected chi connectivity index (χ2v) is 6.94. The van der Waals surface area contributed by atoms with E-state index in [9.17, 15) is 9.59 Å². The summed E-state index contributed by atoms with van der Waals surface area (Å²) in [5, 5.41) is 1.67. The Morgan fingerprint density at radius 3 is 2.27 bits per heavy atom. The van der Waals surface area contributed by atoms with Crippen LogP contribution in [0.4, 0.5) is 0 Å². The Kier molecular flexibility index (Phi) is 5.31. The molecule has 0 heterocycles. The van der Waals surface area contributed by atoms with Crippen molar-refractivity contribution in [3.05, 3.63) is 102 Å². The largest absolute Gasteiger partial charge is 0.496 e. The van der Waals surface area contributed by atoms with Gasteiger partial charge in [0.15, 0.2) is 0 Å². The first-order valence-electron chi connectivity index (χ1n) is 9.57. The van der Waals surface area contributed by atoms with Gasteiger partial charge >= 0.3 is 11.9 Å². The van der Waals surface area contributed by atoms with Gasteiger partial charge in [-0.25, -0.2) is 9.59 Å². The standard InChI is InChI=1S/C26H20O4/c1-17-12-13-19-10-6-7-11-21(19)24(17)26(28)30-25(27)20-14-15-23(29-2)22(16-20)18-8-4-3-5-9-18/h3-16H,1-2H3. The number of hydrogen-bond acceptors (Lipinski definition) is 4. The van der Waals surface area contributed by atoms with Gasteiger partial charge in [-0.05, 0) is 47.0 Å². The molecular formula is C26H20O4. The molecule has 4 aromatic carbocycles. The van der Waals surface area contributed by atoms with Crippen LogP contribution < -0.4 is 4.74 Å². The smallest absolute Gasteiger partial charge is 0.346 e. The number of methoxy groups -OCH3 is 1. The number of rotatable bonds is 4. The Bertz CT molecular complexity index is 1240. The Morgan fingerprint density at radius 1 is 0.767 bits per heavy atom. The van der Waals surface area contributed by atoms with Crippen molar-refractivity contribution in [2.75, 3.05) is 7.11 Å². The minimum absolute atomic E-state index is 0.279. The van der Waals surface area contributed by atoms with Gasteiger partial charge in [0, 0.05) is 5.56 Å². The number of carbonyl (C=O) groups excluding carboxylic acids is 2. The highest BCUT2D eigenvalue weighted by Crippen LogP contribution is 2.31. The summed E-state index contributed by atoms with van der Waals surface area (Å²) in [4.78, 5) is 25.6. The molecule has 0 bridgehead atoms. The summed E-state index contributed by atoms with van der Waals surface area (Å²) < 4.78 is 10.7. The third kappa shape index (κ3) is 3.67. The van der Waals surface area contributed by atoms with Crippen molar-refractivity contribution < 1.29 is 19.1 Å². The molecule has 0 fully saturated rings. The van der Waals surface area contributed by atoms with Crippen molar-refractivity contribution in [2.24, 2.45) is 0 Å². The van der Waals surface area contributed by atoms with Crippen LogP contribution in [0.5, 0.6) is 5.75 Å². The maximum atomic E-state index is 12.9. The second-order valence-electron chi connectivity index (χ2n) is 6.94. The minimum atomic E-state index is -0.702. The predicted octanol–water partition coefficient (Wildman–Crippen LogP) is 5.82. The lowest BCUT2D eigenvalue weighted by atomic mass is 10.00. The molecule has 0 atom stereocenters. The lowest BCUT2D eigenvalue weighted by Gasteiger charge is -2.12. The van der Waals surface area contributed by atoms with Crippen LogP contribution in [0.15, 0.2) is 84.9 Å². The molecule has 30 heavy (non-hydrogen) atoms. The molecule has 4 nitrogen and oxygen atoms in total. The fraction of sp³-hybridized carbons (Fsp3) is 0.0769. The lowest BCUT2D eigenvalue weighted by Crippen LogP contribution is -2.14. The van der Waals surface area contributed by atoms with E-state index in [-0.39, 0.29) is 5.56 Å². The van der Waals surface area contributed by atoms with Gasteiger partial charge in [0.1, 0.15) is 5.75 Å². The minimum Gasteiger partial charge on any atom is -0.496 e. The molecule has 0 saturated heterocycles. The number of esters is 2. The maximum absolute atomic E-state index is 12.9. The molecule has 148 valence electrons. The first-order valence-corrected chi connectivity index (χ1v) is 9.57. The lowest BCUT2D eigenvalue weighted by molar-refractivity contribution is 0.0399. The molecule has 0 aliphatic heterocycles. The molecule has 4 heteroatoms. The van der Waals surface area contributed by atoms with E-state index in [0.717, 1.165) is 27.5 Å². The Labute approximate surface area is 174 Å². The molecule has 0 spiro atoms. The van der Waals surface area contributed by atoms with Crippen LogP contribution >= 0.6 is 0 Å².